The predicted molar refractivity (Wildman–Crippen MR) is 119 cm³/mol. The van der Waals surface area contributed by atoms with Crippen LogP contribution in [-0.4, -0.2) is 45.8 Å². The van der Waals surface area contributed by atoms with Crippen molar-refractivity contribution in [3.8, 4) is 22.5 Å². The number of nitrogens with two attached hydrogens (primary N) is 1. The van der Waals surface area contributed by atoms with Crippen molar-refractivity contribution >= 4 is 28.6 Å². The number of anilines is 2. The summed E-state index contributed by atoms with van der Waals surface area (Å²) in [6.07, 6.45) is 1.74. The minimum Gasteiger partial charge on any atom is -0.384 e. The molecule has 0 radical (unpaired) electrons. The molecule has 1 saturated heterocycles. The fourth-order valence-electron chi connectivity index (χ4n) is 3.89. The van der Waals surface area contributed by atoms with Crippen LogP contribution in [0.2, 0.25) is 0 Å². The van der Waals surface area contributed by atoms with Crippen LogP contribution < -0.4 is 16.0 Å². The van der Waals surface area contributed by atoms with Gasteiger partial charge in [0.2, 0.25) is 0 Å². The van der Waals surface area contributed by atoms with E-state index in [4.69, 9.17) is 15.8 Å². The van der Waals surface area contributed by atoms with Gasteiger partial charge in [-0.1, -0.05) is 0 Å². The molecule has 5 heterocycles. The van der Waals surface area contributed by atoms with Gasteiger partial charge in [0.15, 0.2) is 5.65 Å². The third-order valence-electron chi connectivity index (χ3n) is 5.26. The minimum atomic E-state index is 0.486. The summed E-state index contributed by atoms with van der Waals surface area (Å²) in [6.45, 7) is 8.09. The molecule has 0 aromatic carbocycles. The molecule has 4 aromatic heterocycles. The smallest absolute Gasteiger partial charge is 0.155 e. The Balaban J connectivity index is 1.75. The molecule has 0 atom stereocenters. The summed E-state index contributed by atoms with van der Waals surface area (Å²) in [5, 5.41) is 8.37. The Kier molecular flexibility index (Phi) is 4.44. The van der Waals surface area contributed by atoms with Crippen LogP contribution in [0.25, 0.3) is 28.2 Å². The second kappa shape index (κ2) is 7.13. The number of hydrogen-bond donors (Lipinski definition) is 2. The van der Waals surface area contributed by atoms with E-state index in [1.807, 2.05) is 16.6 Å². The summed E-state index contributed by atoms with van der Waals surface area (Å²) in [5.74, 6) is 1.45. The number of piperazine rings is 1. The highest BCUT2D eigenvalue weighted by Gasteiger charge is 2.21. The second-order valence-corrected chi connectivity index (χ2v) is 8.76. The molecule has 148 valence electrons. The molecular weight excluding hydrogens is 382 g/mol. The summed E-state index contributed by atoms with van der Waals surface area (Å²) in [4.78, 5) is 13.9. The number of hydrogen-bond acceptors (Lipinski definition) is 7. The monoisotopic (exact) mass is 405 g/mol. The Morgan fingerprint density at radius 2 is 1.93 bits per heavy atom. The van der Waals surface area contributed by atoms with Crippen LogP contribution in [-0.2, 0) is 0 Å². The number of thiophene rings is 1. The fourth-order valence-corrected chi connectivity index (χ4v) is 4.82. The largest absolute Gasteiger partial charge is 0.384 e. The number of aryl methyl sites for hydroxylation is 2. The molecule has 1 fully saturated rings. The van der Waals surface area contributed by atoms with E-state index in [0.717, 1.165) is 60.2 Å². The van der Waals surface area contributed by atoms with E-state index in [-0.39, 0.29) is 0 Å². The Labute approximate surface area is 173 Å². The van der Waals surface area contributed by atoms with E-state index in [9.17, 15) is 0 Å². The van der Waals surface area contributed by atoms with Crippen molar-refractivity contribution in [1.82, 2.24) is 24.9 Å². The lowest BCUT2D eigenvalue weighted by Gasteiger charge is -2.28. The van der Waals surface area contributed by atoms with Gasteiger partial charge < -0.3 is 16.0 Å². The van der Waals surface area contributed by atoms with Gasteiger partial charge in [-0.3, -0.25) is 0 Å². The van der Waals surface area contributed by atoms with Crippen LogP contribution in [0.1, 0.15) is 9.75 Å². The number of nitrogen functional groups attached to an aromatic ring is 1. The van der Waals surface area contributed by atoms with E-state index >= 15 is 0 Å². The molecular formula is C21H23N7S. The summed E-state index contributed by atoms with van der Waals surface area (Å²) >= 11 is 1.78. The van der Waals surface area contributed by atoms with E-state index in [0.29, 0.717) is 5.82 Å². The number of nitrogens with one attached hydrogen (secondary N) is 1. The first kappa shape index (κ1) is 18.1. The number of fused-ring (bicyclic) bond motifs is 1. The normalized spacial score (nSPS) is 14.6. The van der Waals surface area contributed by atoms with Crippen LogP contribution in [0.4, 0.5) is 11.6 Å². The molecule has 0 aliphatic carbocycles. The first-order chi connectivity index (χ1) is 14.1. The van der Waals surface area contributed by atoms with Crippen molar-refractivity contribution in [2.45, 2.75) is 13.8 Å². The summed E-state index contributed by atoms with van der Waals surface area (Å²) in [5.41, 5.74) is 10.8. The maximum atomic E-state index is 6.00. The van der Waals surface area contributed by atoms with Crippen LogP contribution in [0.5, 0.6) is 0 Å². The summed E-state index contributed by atoms with van der Waals surface area (Å²) in [6, 6.07) is 10.2. The quantitative estimate of drug-likeness (QED) is 0.545. The molecule has 4 aromatic rings. The van der Waals surface area contributed by atoms with Gasteiger partial charge in [0, 0.05) is 53.3 Å². The van der Waals surface area contributed by atoms with Crippen molar-refractivity contribution in [2.75, 3.05) is 36.8 Å². The van der Waals surface area contributed by atoms with Gasteiger partial charge in [-0.05, 0) is 44.2 Å². The highest BCUT2D eigenvalue weighted by atomic mass is 32.1. The summed E-state index contributed by atoms with van der Waals surface area (Å²) < 4.78 is 1.95. The average Bonchev–Trinajstić information content (AvgIpc) is 3.27. The lowest BCUT2D eigenvalue weighted by molar-refractivity contribution is 0.582. The molecule has 29 heavy (non-hydrogen) atoms. The lowest BCUT2D eigenvalue weighted by atomic mass is 10.1. The first-order valence-corrected chi connectivity index (χ1v) is 10.6. The zero-order valence-corrected chi connectivity index (χ0v) is 17.3. The number of aromatic nitrogens is 4. The van der Waals surface area contributed by atoms with Gasteiger partial charge in [0.25, 0.3) is 0 Å². The van der Waals surface area contributed by atoms with E-state index in [2.05, 4.69) is 47.2 Å². The molecule has 0 amide bonds. The molecule has 7 nitrogen and oxygen atoms in total. The predicted octanol–water partition coefficient (Wildman–Crippen LogP) is 3.13. The van der Waals surface area contributed by atoms with Gasteiger partial charge in [0.1, 0.15) is 23.0 Å². The number of imidazole rings is 1. The molecule has 8 heteroatoms. The highest BCUT2D eigenvalue weighted by Crippen LogP contribution is 2.37. The minimum absolute atomic E-state index is 0.486. The standard InChI is InChI=1S/C21H23N7S/c1-13-11-16(14(2)29-13)20-21(15-5-6-24-17(22)12-15)28-18(25-20)3-4-19(26-28)27-9-7-23-8-10-27/h3-6,11-12,23H,7-10H2,1-2H3,(H2,22,24). The molecule has 3 N–H and O–H groups in total. The van der Waals surface area contributed by atoms with Crippen molar-refractivity contribution in [2.24, 2.45) is 0 Å². The SMILES string of the molecule is Cc1cc(-c2nc3ccc(N4CCNCC4)nn3c2-c2ccnc(N)c2)c(C)s1. The van der Waals surface area contributed by atoms with Gasteiger partial charge >= 0.3 is 0 Å². The number of nitrogens with zero attached hydrogens (tertiary/aromatic N) is 5. The highest BCUT2D eigenvalue weighted by molar-refractivity contribution is 7.12. The van der Waals surface area contributed by atoms with Crippen LogP contribution in [0.15, 0.2) is 36.5 Å². The zero-order valence-electron chi connectivity index (χ0n) is 16.5. The van der Waals surface area contributed by atoms with Gasteiger partial charge in [-0.15, -0.1) is 16.4 Å². The van der Waals surface area contributed by atoms with Crippen molar-refractivity contribution in [1.29, 1.82) is 0 Å². The Morgan fingerprint density at radius 3 is 2.66 bits per heavy atom. The van der Waals surface area contributed by atoms with Gasteiger partial charge in [0.05, 0.1) is 0 Å². The molecule has 0 saturated carbocycles. The van der Waals surface area contributed by atoms with E-state index < -0.39 is 0 Å². The van der Waals surface area contributed by atoms with Crippen LogP contribution in [0.3, 0.4) is 0 Å². The van der Waals surface area contributed by atoms with E-state index in [1.54, 1.807) is 17.5 Å². The topological polar surface area (TPSA) is 84.4 Å². The van der Waals surface area contributed by atoms with Crippen molar-refractivity contribution in [3.63, 3.8) is 0 Å². The molecule has 0 unspecified atom stereocenters. The Hall–Kier alpha value is -2.97. The third kappa shape index (κ3) is 3.24. The third-order valence-corrected chi connectivity index (χ3v) is 6.22. The number of pyridine rings is 1. The average molecular weight is 406 g/mol. The molecule has 1 aliphatic heterocycles. The molecule has 5 rings (SSSR count). The molecule has 0 spiro atoms. The fraction of sp³-hybridized carbons (Fsp3) is 0.286. The first-order valence-electron chi connectivity index (χ1n) is 9.75. The maximum absolute atomic E-state index is 6.00. The van der Waals surface area contributed by atoms with Gasteiger partial charge in [-0.25, -0.2) is 14.5 Å². The van der Waals surface area contributed by atoms with Crippen LogP contribution >= 0.6 is 11.3 Å². The van der Waals surface area contributed by atoms with E-state index in [1.165, 1.54) is 9.75 Å². The summed E-state index contributed by atoms with van der Waals surface area (Å²) in [7, 11) is 0. The zero-order chi connectivity index (χ0) is 20.0. The lowest BCUT2D eigenvalue weighted by Crippen LogP contribution is -2.44. The maximum Gasteiger partial charge on any atom is 0.155 e. The Morgan fingerprint density at radius 1 is 1.10 bits per heavy atom. The van der Waals surface area contributed by atoms with Crippen molar-refractivity contribution in [3.05, 3.63) is 46.3 Å². The van der Waals surface area contributed by atoms with Gasteiger partial charge in [-0.2, -0.15) is 0 Å². The second-order valence-electron chi connectivity index (χ2n) is 7.30. The molecule has 0 bridgehead atoms. The molecule has 1 aliphatic rings. The number of rotatable bonds is 3. The van der Waals surface area contributed by atoms with Crippen LogP contribution in [0, 0.1) is 13.8 Å². The Bertz CT molecular complexity index is 1190. The van der Waals surface area contributed by atoms with Crippen molar-refractivity contribution < 1.29 is 0 Å².